The van der Waals surface area contributed by atoms with Crippen molar-refractivity contribution in [2.45, 2.75) is 25.9 Å². The fraction of sp³-hybridized carbons (Fsp3) is 0.316. The van der Waals surface area contributed by atoms with Crippen LogP contribution in [0.2, 0.25) is 5.02 Å². The van der Waals surface area contributed by atoms with Gasteiger partial charge in [0, 0.05) is 28.8 Å². The molecule has 0 amide bonds. The average molecular weight is 474 g/mol. The van der Waals surface area contributed by atoms with E-state index in [1.54, 1.807) is 7.11 Å². The molecule has 0 heterocycles. The van der Waals surface area contributed by atoms with Gasteiger partial charge in [0.25, 0.3) is 0 Å². The van der Waals surface area contributed by atoms with Gasteiger partial charge in [-0.15, -0.1) is 24.0 Å². The summed E-state index contributed by atoms with van der Waals surface area (Å²) in [5, 5.41) is 3.89. The monoisotopic (exact) mass is 473 g/mol. The first-order valence-electron chi connectivity index (χ1n) is 7.83. The quantitative estimate of drug-likeness (QED) is 0.360. The standard InChI is InChI=1S/C19H24ClN3O.HI/c1-19(2,15-9-5-6-10-16(15)20)13-22-18(21)23-17-11-7-4-8-14(17)12-24-3;/h4-11H,12-13H2,1-3H3,(H3,21,22,23);1H. The maximum atomic E-state index is 6.30. The molecule has 0 aliphatic heterocycles. The molecule has 136 valence electrons. The Hall–Kier alpha value is -1.31. The van der Waals surface area contributed by atoms with Crippen LogP contribution < -0.4 is 11.1 Å². The lowest BCUT2D eigenvalue weighted by molar-refractivity contribution is 0.185. The lowest BCUT2D eigenvalue weighted by Crippen LogP contribution is -2.28. The number of nitrogens with one attached hydrogen (secondary N) is 1. The summed E-state index contributed by atoms with van der Waals surface area (Å²) in [6.45, 7) is 5.25. The number of guanidine groups is 1. The zero-order valence-corrected chi connectivity index (χ0v) is 17.8. The molecule has 0 spiro atoms. The molecule has 4 nitrogen and oxygen atoms in total. The predicted octanol–water partition coefficient (Wildman–Crippen LogP) is 4.81. The van der Waals surface area contributed by atoms with Gasteiger partial charge in [0.2, 0.25) is 0 Å². The first-order chi connectivity index (χ1) is 11.4. The van der Waals surface area contributed by atoms with E-state index in [1.807, 2.05) is 48.5 Å². The third-order valence-electron chi connectivity index (χ3n) is 3.83. The Morgan fingerprint density at radius 1 is 1.16 bits per heavy atom. The molecule has 0 radical (unpaired) electrons. The summed E-state index contributed by atoms with van der Waals surface area (Å²) in [5.74, 6) is 0.374. The Balaban J connectivity index is 0.00000312. The van der Waals surface area contributed by atoms with E-state index in [2.05, 4.69) is 24.2 Å². The fourth-order valence-corrected chi connectivity index (χ4v) is 2.87. The summed E-state index contributed by atoms with van der Waals surface area (Å²) in [4.78, 5) is 4.49. The zero-order valence-electron chi connectivity index (χ0n) is 14.8. The molecule has 2 aromatic rings. The van der Waals surface area contributed by atoms with Gasteiger partial charge in [-0.25, -0.2) is 0 Å². The molecule has 3 N–H and O–H groups in total. The van der Waals surface area contributed by atoms with E-state index in [-0.39, 0.29) is 29.4 Å². The smallest absolute Gasteiger partial charge is 0.193 e. The normalized spacial score (nSPS) is 11.8. The second-order valence-corrected chi connectivity index (χ2v) is 6.69. The molecule has 0 unspecified atom stereocenters. The topological polar surface area (TPSA) is 59.6 Å². The average Bonchev–Trinajstić information content (AvgIpc) is 2.55. The lowest BCUT2D eigenvalue weighted by Gasteiger charge is -2.24. The number of ether oxygens (including phenoxy) is 1. The van der Waals surface area contributed by atoms with Crippen LogP contribution in [0.5, 0.6) is 0 Å². The molecule has 0 atom stereocenters. The van der Waals surface area contributed by atoms with Crippen LogP contribution in [0.4, 0.5) is 5.69 Å². The van der Waals surface area contributed by atoms with E-state index in [4.69, 9.17) is 22.1 Å². The molecule has 0 bridgehead atoms. The van der Waals surface area contributed by atoms with Gasteiger partial charge >= 0.3 is 0 Å². The van der Waals surface area contributed by atoms with Gasteiger partial charge in [-0.1, -0.05) is 61.8 Å². The van der Waals surface area contributed by atoms with Gasteiger partial charge in [-0.05, 0) is 17.7 Å². The van der Waals surface area contributed by atoms with E-state index in [1.165, 1.54) is 0 Å². The number of nitrogens with zero attached hydrogens (tertiary/aromatic N) is 1. The largest absolute Gasteiger partial charge is 0.380 e. The molecule has 0 saturated heterocycles. The predicted molar refractivity (Wildman–Crippen MR) is 117 cm³/mol. The number of hydrogen-bond acceptors (Lipinski definition) is 2. The highest BCUT2D eigenvalue weighted by molar-refractivity contribution is 14.0. The van der Waals surface area contributed by atoms with Crippen molar-refractivity contribution >= 4 is 47.2 Å². The maximum Gasteiger partial charge on any atom is 0.193 e. The summed E-state index contributed by atoms with van der Waals surface area (Å²) in [7, 11) is 1.67. The van der Waals surface area contributed by atoms with Crippen molar-refractivity contribution in [3.63, 3.8) is 0 Å². The van der Waals surface area contributed by atoms with E-state index in [0.29, 0.717) is 19.1 Å². The highest BCUT2D eigenvalue weighted by Gasteiger charge is 2.22. The molecule has 6 heteroatoms. The van der Waals surface area contributed by atoms with Gasteiger partial charge in [-0.3, -0.25) is 4.99 Å². The maximum absolute atomic E-state index is 6.30. The van der Waals surface area contributed by atoms with Crippen molar-refractivity contribution in [3.05, 3.63) is 64.7 Å². The van der Waals surface area contributed by atoms with E-state index in [0.717, 1.165) is 21.8 Å². The van der Waals surface area contributed by atoms with Crippen molar-refractivity contribution in [1.29, 1.82) is 0 Å². The van der Waals surface area contributed by atoms with Crippen molar-refractivity contribution in [2.24, 2.45) is 10.7 Å². The molecule has 0 aliphatic rings. The third kappa shape index (κ3) is 6.17. The number of halogens is 2. The van der Waals surface area contributed by atoms with Crippen LogP contribution in [0.1, 0.15) is 25.0 Å². The summed E-state index contributed by atoms with van der Waals surface area (Å²) < 4.78 is 5.20. The van der Waals surface area contributed by atoms with Crippen molar-refractivity contribution in [1.82, 2.24) is 0 Å². The fourth-order valence-electron chi connectivity index (χ4n) is 2.48. The molecule has 0 saturated carbocycles. The third-order valence-corrected chi connectivity index (χ3v) is 4.16. The first kappa shape index (κ1) is 21.7. The number of para-hydroxylation sites is 1. The molecule has 2 rings (SSSR count). The summed E-state index contributed by atoms with van der Waals surface area (Å²) in [6, 6.07) is 15.7. The van der Waals surface area contributed by atoms with E-state index in [9.17, 15) is 0 Å². The van der Waals surface area contributed by atoms with Crippen LogP contribution in [0.25, 0.3) is 0 Å². The number of methoxy groups -OCH3 is 1. The SMILES string of the molecule is COCc1ccccc1NC(N)=NCC(C)(C)c1ccccc1Cl.I. The summed E-state index contributed by atoms with van der Waals surface area (Å²) >= 11 is 6.30. The minimum atomic E-state index is -0.212. The number of benzene rings is 2. The Morgan fingerprint density at radius 3 is 2.48 bits per heavy atom. The zero-order chi connectivity index (χ0) is 17.6. The Labute approximate surface area is 171 Å². The van der Waals surface area contributed by atoms with Crippen LogP contribution in [-0.4, -0.2) is 19.6 Å². The minimum absolute atomic E-state index is 0. The molecule has 25 heavy (non-hydrogen) atoms. The van der Waals surface area contributed by atoms with Gasteiger partial charge in [0.1, 0.15) is 0 Å². The summed E-state index contributed by atoms with van der Waals surface area (Å²) in [6.07, 6.45) is 0. The lowest BCUT2D eigenvalue weighted by atomic mass is 9.85. The molecule has 0 aromatic heterocycles. The highest BCUT2D eigenvalue weighted by atomic mass is 127. The van der Waals surface area contributed by atoms with Crippen LogP contribution in [-0.2, 0) is 16.8 Å². The van der Waals surface area contributed by atoms with Gasteiger partial charge in [0.05, 0.1) is 13.2 Å². The van der Waals surface area contributed by atoms with Crippen molar-refractivity contribution < 1.29 is 4.74 Å². The molecule has 0 fully saturated rings. The number of aliphatic imine (C=N–C) groups is 1. The Kier molecular flexibility index (Phi) is 8.68. The number of anilines is 1. The number of nitrogens with two attached hydrogens (primary N) is 1. The Morgan fingerprint density at radius 2 is 1.80 bits per heavy atom. The molecular weight excluding hydrogens is 449 g/mol. The number of hydrogen-bond donors (Lipinski definition) is 2. The summed E-state index contributed by atoms with van der Waals surface area (Å²) in [5.41, 5.74) is 8.84. The van der Waals surface area contributed by atoms with Crippen LogP contribution in [0.3, 0.4) is 0 Å². The van der Waals surface area contributed by atoms with Gasteiger partial charge < -0.3 is 15.8 Å². The second-order valence-electron chi connectivity index (χ2n) is 6.28. The van der Waals surface area contributed by atoms with Gasteiger partial charge in [0.15, 0.2) is 5.96 Å². The minimum Gasteiger partial charge on any atom is -0.380 e. The van der Waals surface area contributed by atoms with Crippen molar-refractivity contribution in [3.8, 4) is 0 Å². The highest BCUT2D eigenvalue weighted by Crippen LogP contribution is 2.29. The van der Waals surface area contributed by atoms with Crippen LogP contribution in [0, 0.1) is 0 Å². The van der Waals surface area contributed by atoms with E-state index < -0.39 is 0 Å². The molecular formula is C19H25ClIN3O. The molecule has 0 aliphatic carbocycles. The molecule has 2 aromatic carbocycles. The first-order valence-corrected chi connectivity index (χ1v) is 8.20. The second kappa shape index (κ2) is 9.99. The van der Waals surface area contributed by atoms with E-state index >= 15 is 0 Å². The number of rotatable bonds is 6. The van der Waals surface area contributed by atoms with Crippen molar-refractivity contribution in [2.75, 3.05) is 19.0 Å². The van der Waals surface area contributed by atoms with Gasteiger partial charge in [-0.2, -0.15) is 0 Å². The van der Waals surface area contributed by atoms with Crippen LogP contribution >= 0.6 is 35.6 Å². The van der Waals surface area contributed by atoms with Crippen LogP contribution in [0.15, 0.2) is 53.5 Å². The Bertz CT molecular complexity index is 719.